The van der Waals surface area contributed by atoms with E-state index < -0.39 is 58.0 Å². The molecule has 1 aromatic rings. The fourth-order valence-electron chi connectivity index (χ4n) is 7.71. The summed E-state index contributed by atoms with van der Waals surface area (Å²) in [4.78, 5) is 45.3. The van der Waals surface area contributed by atoms with Crippen LogP contribution in [0, 0.1) is 11.8 Å². The zero-order valence-electron chi connectivity index (χ0n) is 25.7. The Labute approximate surface area is 276 Å². The summed E-state index contributed by atoms with van der Waals surface area (Å²) in [5.41, 5.74) is 4.28. The molecule has 0 radical (unpaired) electrons. The average molecular weight is 678 g/mol. The van der Waals surface area contributed by atoms with Crippen molar-refractivity contribution in [2.75, 3.05) is 39.6 Å². The highest BCUT2D eigenvalue weighted by atomic mass is 35.5. The molecule has 1 saturated carbocycles. The van der Waals surface area contributed by atoms with Gasteiger partial charge in [0.2, 0.25) is 5.78 Å². The summed E-state index contributed by atoms with van der Waals surface area (Å²) in [6.45, 7) is 5.91. The van der Waals surface area contributed by atoms with Crippen LogP contribution in [0.1, 0.15) is 49.8 Å². The molecule has 14 heteroatoms. The van der Waals surface area contributed by atoms with Gasteiger partial charge in [0.05, 0.1) is 11.6 Å². The molecule has 4 aliphatic rings. The van der Waals surface area contributed by atoms with Crippen LogP contribution in [0.4, 0.5) is 5.69 Å². The number of anilines is 1. The first-order valence-electron chi connectivity index (χ1n) is 14.0. The number of aromatic hydroxyl groups is 1. The molecule has 0 bridgehead atoms. The van der Waals surface area contributed by atoms with E-state index in [1.54, 1.807) is 20.2 Å². The van der Waals surface area contributed by atoms with Gasteiger partial charge in [0.1, 0.15) is 22.8 Å². The van der Waals surface area contributed by atoms with E-state index in [0.717, 1.165) is 30.6 Å². The lowest BCUT2D eigenvalue weighted by molar-refractivity contribution is -0.153. The number of primary amides is 1. The van der Waals surface area contributed by atoms with Gasteiger partial charge in [0.25, 0.3) is 5.91 Å². The fraction of sp³-hybridized carbons (Fsp3) is 0.567. The van der Waals surface area contributed by atoms with Crippen molar-refractivity contribution in [2.45, 2.75) is 63.3 Å². The molecular formula is C30H43Cl3N4O7. The summed E-state index contributed by atoms with van der Waals surface area (Å²) in [5.74, 6) is -6.50. The highest BCUT2D eigenvalue weighted by Crippen LogP contribution is 2.54. The number of aliphatic hydroxyl groups excluding tert-OH is 2. The first kappa shape index (κ1) is 37.6. The number of likely N-dealkylation sites (N-methyl/N-ethyl adjacent to an activating group) is 1. The molecular weight excluding hydrogens is 635 g/mol. The third-order valence-corrected chi connectivity index (χ3v) is 9.65. The highest BCUT2D eigenvalue weighted by Gasteiger charge is 2.64. The Hall–Kier alpha value is -2.54. The number of Topliss-reactive ketones (excluding diaryl/α,β-unsaturated/α-hetero) is 2. The van der Waals surface area contributed by atoms with Crippen LogP contribution in [-0.4, -0.2) is 99.6 Å². The molecule has 1 saturated heterocycles. The number of carbonyl (C=O) groups is 3. The molecule has 0 unspecified atom stereocenters. The van der Waals surface area contributed by atoms with Gasteiger partial charge in [-0.1, -0.05) is 0 Å². The molecule has 5 rings (SSSR count). The molecule has 0 aromatic heterocycles. The number of benzene rings is 1. The Bertz CT molecular complexity index is 1440. The van der Waals surface area contributed by atoms with Gasteiger partial charge in [0, 0.05) is 43.4 Å². The number of hydrogen-bond acceptors (Lipinski definition) is 10. The van der Waals surface area contributed by atoms with Crippen molar-refractivity contribution in [2.24, 2.45) is 17.6 Å². The van der Waals surface area contributed by atoms with Crippen molar-refractivity contribution in [1.82, 2.24) is 9.80 Å². The quantitative estimate of drug-likeness (QED) is 0.292. The van der Waals surface area contributed by atoms with Crippen LogP contribution in [0.25, 0.3) is 5.76 Å². The molecule has 1 aromatic carbocycles. The smallest absolute Gasteiger partial charge is 0.255 e. The van der Waals surface area contributed by atoms with Crippen molar-refractivity contribution in [3.05, 3.63) is 39.7 Å². The predicted molar refractivity (Wildman–Crippen MR) is 174 cm³/mol. The number of likely N-dealkylation sites (tertiary alicyclic amines) is 1. The number of nitrogens with two attached hydrogens (primary N) is 1. The summed E-state index contributed by atoms with van der Waals surface area (Å²) < 4.78 is 0. The molecule has 11 nitrogen and oxygen atoms in total. The summed E-state index contributed by atoms with van der Waals surface area (Å²) in [6, 6.07) is 0.506. The van der Waals surface area contributed by atoms with Crippen molar-refractivity contribution in [3.63, 3.8) is 0 Å². The Morgan fingerprint density at radius 3 is 2.20 bits per heavy atom. The highest BCUT2D eigenvalue weighted by molar-refractivity contribution is 6.24. The number of phenols is 1. The number of fused-ring (bicyclic) bond motifs is 3. The second-order valence-electron chi connectivity index (χ2n) is 13.0. The van der Waals surface area contributed by atoms with Crippen molar-refractivity contribution in [3.8, 4) is 5.75 Å². The number of carbonyl (C=O) groups excluding carboxylic acids is 3. The maximum absolute atomic E-state index is 14.0. The van der Waals surface area contributed by atoms with E-state index in [-0.39, 0.29) is 72.5 Å². The van der Waals surface area contributed by atoms with Gasteiger partial charge in [-0.3, -0.25) is 24.2 Å². The Balaban J connectivity index is 0.00000225. The van der Waals surface area contributed by atoms with E-state index in [4.69, 9.17) is 5.73 Å². The molecule has 1 aliphatic heterocycles. The van der Waals surface area contributed by atoms with Gasteiger partial charge in [-0.15, -0.1) is 37.2 Å². The maximum atomic E-state index is 14.0. The van der Waals surface area contributed by atoms with Crippen LogP contribution < -0.4 is 10.6 Å². The van der Waals surface area contributed by atoms with Crippen LogP contribution in [0.2, 0.25) is 0 Å². The van der Waals surface area contributed by atoms with E-state index in [9.17, 15) is 34.8 Å². The van der Waals surface area contributed by atoms with Gasteiger partial charge >= 0.3 is 0 Å². The summed E-state index contributed by atoms with van der Waals surface area (Å²) in [5, 5.41) is 45.6. The lowest BCUT2D eigenvalue weighted by Gasteiger charge is -2.50. The minimum Gasteiger partial charge on any atom is -0.508 e. The number of ketones is 2. The van der Waals surface area contributed by atoms with E-state index >= 15 is 0 Å². The molecule has 44 heavy (non-hydrogen) atoms. The fourth-order valence-corrected chi connectivity index (χ4v) is 7.71. The predicted octanol–water partition coefficient (Wildman–Crippen LogP) is 2.67. The van der Waals surface area contributed by atoms with Crippen molar-refractivity contribution in [1.29, 1.82) is 0 Å². The van der Waals surface area contributed by atoms with Gasteiger partial charge in [-0.05, 0) is 83.3 Å². The monoisotopic (exact) mass is 676 g/mol. The SMILES string of the molecule is CN(C)c1c(CN2CCCC2(C)C)cc(O)c2c1C[C@H]1C[C@H]3[C@H](N(C)C)C(=O)C(C(N)=O)=C(O)[C@@]3(O)C(=O)C1=C2O.Cl.Cl.Cl. The number of halogens is 3. The zero-order chi connectivity index (χ0) is 30.3. The van der Waals surface area contributed by atoms with Crippen LogP contribution in [0.3, 0.4) is 0 Å². The minimum atomic E-state index is -2.65. The van der Waals surface area contributed by atoms with E-state index in [2.05, 4.69) is 18.7 Å². The Morgan fingerprint density at radius 2 is 1.70 bits per heavy atom. The van der Waals surface area contributed by atoms with E-state index in [1.165, 1.54) is 4.90 Å². The molecule has 0 spiro atoms. The standard InChI is InChI=1S/C30H40N4O7.3ClH/c1-29(2)8-7-9-34(29)13-15-12-18(35)20-16(22(15)32(3)4)10-14-11-17-23(33(5)6)25(37)21(28(31)40)27(39)30(17,41)26(38)19(14)24(20)36;;;/h12,14,17,23,35-36,39,41H,7-11,13H2,1-6H3,(H2,31,40);3*1H/t14-,17-,23-,30-;;;/m0.../s1. The molecule has 1 amide bonds. The number of aliphatic hydroxyl groups is 3. The maximum Gasteiger partial charge on any atom is 0.255 e. The first-order valence-corrected chi connectivity index (χ1v) is 14.0. The van der Waals surface area contributed by atoms with Gasteiger partial charge in [0.15, 0.2) is 11.4 Å². The third kappa shape index (κ3) is 5.35. The third-order valence-electron chi connectivity index (χ3n) is 9.65. The van der Waals surface area contributed by atoms with Gasteiger partial charge in [-0.2, -0.15) is 0 Å². The number of rotatable bonds is 5. The van der Waals surface area contributed by atoms with Crippen LogP contribution >= 0.6 is 37.2 Å². The van der Waals surface area contributed by atoms with Crippen LogP contribution in [-0.2, 0) is 27.3 Å². The molecule has 246 valence electrons. The Morgan fingerprint density at radius 1 is 1.09 bits per heavy atom. The topological polar surface area (TPSA) is 168 Å². The summed E-state index contributed by atoms with van der Waals surface area (Å²) in [7, 11) is 6.95. The van der Waals surface area contributed by atoms with Gasteiger partial charge < -0.3 is 31.1 Å². The first-order chi connectivity index (χ1) is 19.0. The number of nitrogens with zero attached hydrogens (tertiary/aromatic N) is 3. The molecule has 4 atom stereocenters. The number of phenolic OH excluding ortho intramolecular Hbond substituents is 1. The summed E-state index contributed by atoms with van der Waals surface area (Å²) in [6.07, 6.45) is 2.45. The Kier molecular flexibility index (Phi) is 10.9. The second kappa shape index (κ2) is 12.7. The lowest BCUT2D eigenvalue weighted by Crippen LogP contribution is -2.65. The van der Waals surface area contributed by atoms with Crippen LogP contribution in [0.15, 0.2) is 23.0 Å². The van der Waals surface area contributed by atoms with Crippen LogP contribution in [0.5, 0.6) is 5.75 Å². The van der Waals surface area contributed by atoms with E-state index in [0.29, 0.717) is 12.1 Å². The van der Waals surface area contributed by atoms with E-state index in [1.807, 2.05) is 19.0 Å². The molecule has 6 N–H and O–H groups in total. The van der Waals surface area contributed by atoms with Gasteiger partial charge in [-0.25, -0.2) is 0 Å². The number of hydrogen-bond donors (Lipinski definition) is 5. The van der Waals surface area contributed by atoms with Crippen molar-refractivity contribution < 1.29 is 34.8 Å². The molecule has 2 fully saturated rings. The normalized spacial score (nSPS) is 27.5. The second-order valence-corrected chi connectivity index (χ2v) is 13.0. The molecule has 3 aliphatic carbocycles. The average Bonchev–Trinajstić information content (AvgIpc) is 3.18. The lowest BCUT2D eigenvalue weighted by atomic mass is 9.57. The number of amides is 1. The van der Waals surface area contributed by atoms with Crippen molar-refractivity contribution >= 4 is 66.1 Å². The largest absolute Gasteiger partial charge is 0.508 e. The zero-order valence-corrected chi connectivity index (χ0v) is 28.2. The molecule has 1 heterocycles. The summed E-state index contributed by atoms with van der Waals surface area (Å²) >= 11 is 0. The minimum absolute atomic E-state index is 0.